The second kappa shape index (κ2) is 11.4. The van der Waals surface area contributed by atoms with Gasteiger partial charge in [0.1, 0.15) is 6.54 Å². The third-order valence-electron chi connectivity index (χ3n) is 5.64. The maximum atomic E-state index is 12.7. The van der Waals surface area contributed by atoms with Gasteiger partial charge in [0.2, 0.25) is 15.8 Å². The summed E-state index contributed by atoms with van der Waals surface area (Å²) in [6.45, 7) is 10.9. The number of rotatable bonds is 10. The lowest BCUT2D eigenvalue weighted by Crippen LogP contribution is -2.34. The van der Waals surface area contributed by atoms with Crippen molar-refractivity contribution in [1.82, 2.24) is 9.62 Å². The van der Waals surface area contributed by atoms with Crippen LogP contribution in [-0.2, 0) is 19.6 Å². The number of amides is 1. The van der Waals surface area contributed by atoms with Gasteiger partial charge in [-0.2, -0.15) is 4.31 Å². The van der Waals surface area contributed by atoms with Crippen molar-refractivity contribution in [1.29, 1.82) is 0 Å². The molecule has 34 heavy (non-hydrogen) atoms. The number of ketones is 1. The highest BCUT2D eigenvalue weighted by atomic mass is 32.2. The molecule has 0 aromatic heterocycles. The van der Waals surface area contributed by atoms with Crippen molar-refractivity contribution in [3.05, 3.63) is 64.2 Å². The highest BCUT2D eigenvalue weighted by Gasteiger charge is 2.23. The van der Waals surface area contributed by atoms with Crippen LogP contribution in [0.4, 0.5) is 0 Å². The number of aryl methyl sites for hydroxylation is 3. The maximum Gasteiger partial charge on any atom is 0.326 e. The Morgan fingerprint density at radius 3 is 2.06 bits per heavy atom. The van der Waals surface area contributed by atoms with Crippen molar-refractivity contribution in [3.8, 4) is 0 Å². The number of nitrogens with one attached hydrogen (secondary N) is 1. The van der Waals surface area contributed by atoms with Gasteiger partial charge in [0.25, 0.3) is 5.91 Å². The molecule has 1 atom stereocenters. The Balaban J connectivity index is 1.97. The summed E-state index contributed by atoms with van der Waals surface area (Å²) < 4.78 is 31.6. The molecule has 0 fully saturated rings. The second-order valence-corrected chi connectivity index (χ2v) is 9.98. The molecule has 1 amide bonds. The minimum Gasteiger partial charge on any atom is -0.453 e. The fourth-order valence-corrected chi connectivity index (χ4v) is 4.94. The number of esters is 1. The van der Waals surface area contributed by atoms with E-state index in [0.717, 1.165) is 16.7 Å². The lowest BCUT2D eigenvalue weighted by molar-refractivity contribution is -0.145. The van der Waals surface area contributed by atoms with Gasteiger partial charge in [-0.3, -0.25) is 14.4 Å². The molecule has 0 spiro atoms. The molecule has 0 aliphatic heterocycles. The van der Waals surface area contributed by atoms with E-state index in [1.807, 2.05) is 26.8 Å². The van der Waals surface area contributed by atoms with Crippen molar-refractivity contribution in [2.75, 3.05) is 19.6 Å². The van der Waals surface area contributed by atoms with Gasteiger partial charge in [0.15, 0.2) is 6.10 Å². The fourth-order valence-electron chi connectivity index (χ4n) is 3.48. The summed E-state index contributed by atoms with van der Waals surface area (Å²) in [4.78, 5) is 37.3. The van der Waals surface area contributed by atoms with Crippen molar-refractivity contribution in [2.45, 2.75) is 52.5 Å². The summed E-state index contributed by atoms with van der Waals surface area (Å²) in [5.41, 5.74) is 3.53. The molecule has 0 saturated carbocycles. The average molecular weight is 489 g/mol. The highest BCUT2D eigenvalue weighted by Crippen LogP contribution is 2.18. The molecule has 0 bridgehead atoms. The lowest BCUT2D eigenvalue weighted by atomic mass is 9.96. The van der Waals surface area contributed by atoms with Crippen LogP contribution in [0.5, 0.6) is 0 Å². The molecule has 0 heterocycles. The van der Waals surface area contributed by atoms with Gasteiger partial charge in [0.05, 0.1) is 4.90 Å². The largest absolute Gasteiger partial charge is 0.453 e. The molecular weight excluding hydrogens is 456 g/mol. The zero-order valence-corrected chi connectivity index (χ0v) is 21.3. The first-order valence-electron chi connectivity index (χ1n) is 11.1. The standard InChI is InChI=1S/C25H32N2O6S/c1-7-27(8-2)34(31,32)21-11-9-20(10-12-21)25(30)26-15-23(28)33-19(6)24(29)22-14-17(4)16(3)13-18(22)5/h9-14,19H,7-8,15H2,1-6H3,(H,26,30). The summed E-state index contributed by atoms with van der Waals surface area (Å²) in [6.07, 6.45) is -1.00. The smallest absolute Gasteiger partial charge is 0.326 e. The molecule has 184 valence electrons. The maximum absolute atomic E-state index is 12.7. The summed E-state index contributed by atoms with van der Waals surface area (Å²) in [7, 11) is -3.63. The number of hydrogen-bond donors (Lipinski definition) is 1. The summed E-state index contributed by atoms with van der Waals surface area (Å²) >= 11 is 0. The van der Waals surface area contributed by atoms with Crippen LogP contribution in [-0.4, -0.2) is 56.1 Å². The van der Waals surface area contributed by atoms with Gasteiger partial charge in [-0.15, -0.1) is 0 Å². The molecule has 9 heteroatoms. The van der Waals surface area contributed by atoms with Crippen LogP contribution >= 0.6 is 0 Å². The number of carbonyl (C=O) groups excluding carboxylic acids is 3. The van der Waals surface area contributed by atoms with Gasteiger partial charge < -0.3 is 10.1 Å². The highest BCUT2D eigenvalue weighted by molar-refractivity contribution is 7.89. The van der Waals surface area contributed by atoms with Gasteiger partial charge in [0, 0.05) is 24.2 Å². The zero-order valence-electron chi connectivity index (χ0n) is 20.5. The Labute approximate surface area is 201 Å². The average Bonchev–Trinajstić information content (AvgIpc) is 2.80. The fraction of sp³-hybridized carbons (Fsp3) is 0.400. The molecule has 2 rings (SSSR count). The van der Waals surface area contributed by atoms with Crippen LogP contribution in [0, 0.1) is 20.8 Å². The van der Waals surface area contributed by atoms with Crippen LogP contribution in [0.2, 0.25) is 0 Å². The zero-order chi connectivity index (χ0) is 25.6. The molecule has 8 nitrogen and oxygen atoms in total. The molecule has 2 aromatic rings. The number of ether oxygens (including phenoxy) is 1. The summed E-state index contributed by atoms with van der Waals surface area (Å²) in [5.74, 6) is -1.63. The Kier molecular flexibility index (Phi) is 9.12. The Hall–Kier alpha value is -3.04. The van der Waals surface area contributed by atoms with E-state index in [1.54, 1.807) is 19.9 Å². The van der Waals surface area contributed by atoms with Gasteiger partial charge in [-0.25, -0.2) is 8.42 Å². The lowest BCUT2D eigenvalue weighted by Gasteiger charge is -2.18. The molecule has 0 aliphatic rings. The molecule has 0 aliphatic carbocycles. The predicted molar refractivity (Wildman–Crippen MR) is 129 cm³/mol. The number of carbonyl (C=O) groups is 3. The first-order valence-corrected chi connectivity index (χ1v) is 12.6. The first kappa shape index (κ1) is 27.2. The summed E-state index contributed by atoms with van der Waals surface area (Å²) in [5, 5.41) is 2.43. The first-order chi connectivity index (χ1) is 15.9. The van der Waals surface area contributed by atoms with Gasteiger partial charge in [-0.05, 0) is 74.7 Å². The van der Waals surface area contributed by atoms with E-state index in [4.69, 9.17) is 4.74 Å². The quantitative estimate of drug-likeness (QED) is 0.406. The van der Waals surface area contributed by atoms with E-state index in [2.05, 4.69) is 5.32 Å². The van der Waals surface area contributed by atoms with E-state index >= 15 is 0 Å². The minimum atomic E-state index is -3.63. The number of Topliss-reactive ketones (excluding diaryl/α,β-unsaturated/α-hetero) is 1. The van der Waals surface area contributed by atoms with Crippen LogP contribution < -0.4 is 5.32 Å². The Bertz CT molecular complexity index is 1170. The number of hydrogen-bond acceptors (Lipinski definition) is 6. The van der Waals surface area contributed by atoms with Crippen molar-refractivity contribution in [3.63, 3.8) is 0 Å². The molecule has 0 saturated heterocycles. The van der Waals surface area contributed by atoms with Crippen molar-refractivity contribution < 1.29 is 27.5 Å². The van der Waals surface area contributed by atoms with Gasteiger partial charge >= 0.3 is 5.97 Å². The van der Waals surface area contributed by atoms with E-state index in [-0.39, 0.29) is 16.2 Å². The monoisotopic (exact) mass is 488 g/mol. The van der Waals surface area contributed by atoms with Crippen LogP contribution in [0.3, 0.4) is 0 Å². The minimum absolute atomic E-state index is 0.0844. The third-order valence-corrected chi connectivity index (χ3v) is 7.70. The SMILES string of the molecule is CCN(CC)S(=O)(=O)c1ccc(C(=O)NCC(=O)OC(C)C(=O)c2cc(C)c(C)cc2C)cc1. The molecule has 1 N–H and O–H groups in total. The molecule has 2 aromatic carbocycles. The van der Waals surface area contributed by atoms with Crippen molar-refractivity contribution >= 4 is 27.7 Å². The van der Waals surface area contributed by atoms with E-state index in [1.165, 1.54) is 35.5 Å². The van der Waals surface area contributed by atoms with E-state index in [9.17, 15) is 22.8 Å². The molecular formula is C25H32N2O6S. The topological polar surface area (TPSA) is 110 Å². The summed E-state index contributed by atoms with van der Waals surface area (Å²) in [6, 6.07) is 9.16. The van der Waals surface area contributed by atoms with Crippen LogP contribution in [0.1, 0.15) is 58.2 Å². The van der Waals surface area contributed by atoms with Crippen LogP contribution in [0.25, 0.3) is 0 Å². The third kappa shape index (κ3) is 6.30. The normalized spacial score (nSPS) is 12.3. The van der Waals surface area contributed by atoms with Crippen molar-refractivity contribution in [2.24, 2.45) is 0 Å². The van der Waals surface area contributed by atoms with E-state index < -0.39 is 34.5 Å². The van der Waals surface area contributed by atoms with Gasteiger partial charge in [-0.1, -0.05) is 19.9 Å². The number of nitrogens with zero attached hydrogens (tertiary/aromatic N) is 1. The Morgan fingerprint density at radius 2 is 1.50 bits per heavy atom. The number of sulfonamides is 1. The number of benzene rings is 2. The Morgan fingerprint density at radius 1 is 0.941 bits per heavy atom. The second-order valence-electron chi connectivity index (χ2n) is 8.04. The molecule has 0 radical (unpaired) electrons. The van der Waals surface area contributed by atoms with Crippen LogP contribution in [0.15, 0.2) is 41.3 Å². The van der Waals surface area contributed by atoms with E-state index in [0.29, 0.717) is 18.7 Å². The predicted octanol–water partition coefficient (Wildman–Crippen LogP) is 3.19. The molecule has 1 unspecified atom stereocenters.